The number of halogens is 4. The van der Waals surface area contributed by atoms with Crippen molar-refractivity contribution in [3.05, 3.63) is 74.9 Å². The first-order valence-corrected chi connectivity index (χ1v) is 10.1. The third kappa shape index (κ3) is 4.47. The molecule has 1 fully saturated rings. The van der Waals surface area contributed by atoms with E-state index < -0.39 is 17.6 Å². The van der Waals surface area contributed by atoms with Crippen molar-refractivity contribution in [2.24, 2.45) is 0 Å². The first kappa shape index (κ1) is 19.9. The first-order chi connectivity index (χ1) is 13.7. The maximum atomic E-state index is 13.4. The molecule has 3 aromatic rings. The third-order valence-electron chi connectivity index (χ3n) is 4.83. The van der Waals surface area contributed by atoms with Crippen LogP contribution in [0.5, 0.6) is 0 Å². The molecule has 150 valence electrons. The van der Waals surface area contributed by atoms with Crippen LogP contribution in [0.4, 0.5) is 18.9 Å². The van der Waals surface area contributed by atoms with Gasteiger partial charge in [0, 0.05) is 32.6 Å². The van der Waals surface area contributed by atoms with Crippen LogP contribution in [0.15, 0.2) is 48.9 Å². The van der Waals surface area contributed by atoms with Crippen molar-refractivity contribution in [2.45, 2.75) is 31.9 Å². The zero-order valence-electron chi connectivity index (χ0n) is 15.4. The fourth-order valence-electron chi connectivity index (χ4n) is 3.00. The number of carbonyl (C=O) groups is 1. The lowest BCUT2D eigenvalue weighted by atomic mass is 10.1. The van der Waals surface area contributed by atoms with E-state index in [2.05, 4.69) is 32.9 Å². The number of nitrogens with zero attached hydrogens (tertiary/aromatic N) is 2. The van der Waals surface area contributed by atoms with Gasteiger partial charge in [0.15, 0.2) is 0 Å². The number of carbonyl (C=O) groups excluding carboxylic acids is 1. The molecule has 2 aromatic carbocycles. The van der Waals surface area contributed by atoms with E-state index >= 15 is 0 Å². The summed E-state index contributed by atoms with van der Waals surface area (Å²) in [5.74, 6) is -0.0669. The summed E-state index contributed by atoms with van der Waals surface area (Å²) in [6.07, 6.45) is 0.833. The van der Waals surface area contributed by atoms with Gasteiger partial charge in [0.25, 0.3) is 5.91 Å². The molecule has 0 spiro atoms. The highest BCUT2D eigenvalue weighted by molar-refractivity contribution is 14.1. The topological polar surface area (TPSA) is 46.9 Å². The molecule has 1 saturated carbocycles. The van der Waals surface area contributed by atoms with E-state index in [9.17, 15) is 18.0 Å². The number of hydrogen-bond donors (Lipinski definition) is 1. The second kappa shape index (κ2) is 7.47. The minimum Gasteiger partial charge on any atom is -0.322 e. The van der Waals surface area contributed by atoms with Crippen molar-refractivity contribution in [1.29, 1.82) is 0 Å². The Bertz CT molecular complexity index is 1090. The lowest BCUT2D eigenvalue weighted by Gasteiger charge is -2.14. The molecule has 8 heteroatoms. The Morgan fingerprint density at radius 3 is 2.62 bits per heavy atom. The van der Waals surface area contributed by atoms with Gasteiger partial charge in [-0.15, -0.1) is 0 Å². The predicted octanol–water partition coefficient (Wildman–Crippen LogP) is 5.93. The summed E-state index contributed by atoms with van der Waals surface area (Å²) in [6.45, 7) is 1.92. The highest BCUT2D eigenvalue weighted by Crippen LogP contribution is 2.39. The van der Waals surface area contributed by atoms with Crippen LogP contribution in [0.1, 0.15) is 45.9 Å². The van der Waals surface area contributed by atoms with Crippen LogP contribution in [0.2, 0.25) is 0 Å². The lowest BCUT2D eigenvalue weighted by Crippen LogP contribution is -2.14. The number of imidazole rings is 1. The van der Waals surface area contributed by atoms with E-state index in [1.54, 1.807) is 29.0 Å². The second-order valence-electron chi connectivity index (χ2n) is 7.16. The SMILES string of the molecule is Cc1ccc(C(=O)Nc2cc(-n3cnc(C4CC4)c3)cc(C(F)(F)F)c2)cc1I. The average Bonchev–Trinajstić information content (AvgIpc) is 3.39. The van der Waals surface area contributed by atoms with Gasteiger partial charge in [-0.3, -0.25) is 4.79 Å². The minimum atomic E-state index is -4.53. The molecule has 1 aliphatic carbocycles. The number of hydrogen-bond acceptors (Lipinski definition) is 2. The summed E-state index contributed by atoms with van der Waals surface area (Å²) < 4.78 is 42.7. The van der Waals surface area contributed by atoms with E-state index in [1.807, 2.05) is 6.92 Å². The van der Waals surface area contributed by atoms with Crippen molar-refractivity contribution < 1.29 is 18.0 Å². The van der Waals surface area contributed by atoms with Crippen molar-refractivity contribution >= 4 is 34.2 Å². The van der Waals surface area contributed by atoms with Crippen molar-refractivity contribution in [3.8, 4) is 5.69 Å². The Morgan fingerprint density at radius 1 is 1.21 bits per heavy atom. The van der Waals surface area contributed by atoms with E-state index in [-0.39, 0.29) is 5.69 Å². The van der Waals surface area contributed by atoms with Crippen molar-refractivity contribution in [3.63, 3.8) is 0 Å². The minimum absolute atomic E-state index is 0.0806. The maximum Gasteiger partial charge on any atom is 0.416 e. The normalized spacial score (nSPS) is 14.1. The Morgan fingerprint density at radius 2 is 1.97 bits per heavy atom. The first-order valence-electron chi connectivity index (χ1n) is 9.05. The average molecular weight is 511 g/mol. The monoisotopic (exact) mass is 511 g/mol. The molecule has 1 aromatic heterocycles. The zero-order chi connectivity index (χ0) is 20.8. The fraction of sp³-hybridized carbons (Fsp3) is 0.238. The van der Waals surface area contributed by atoms with Crippen LogP contribution in [-0.2, 0) is 6.18 Å². The van der Waals surface area contributed by atoms with Crippen LogP contribution in [-0.4, -0.2) is 15.5 Å². The second-order valence-corrected chi connectivity index (χ2v) is 8.33. The van der Waals surface area contributed by atoms with Gasteiger partial charge in [0.05, 0.1) is 17.6 Å². The van der Waals surface area contributed by atoms with Gasteiger partial charge in [-0.2, -0.15) is 13.2 Å². The molecular formula is C21H17F3IN3O. The molecule has 0 bridgehead atoms. The van der Waals surface area contributed by atoms with Gasteiger partial charge in [0.2, 0.25) is 0 Å². The molecule has 0 saturated heterocycles. The standard InChI is InChI=1S/C21H17F3IN3O/c1-12-2-3-14(6-18(12)25)20(29)27-16-7-15(21(22,23)24)8-17(9-16)28-10-19(26-11-28)13-4-5-13/h2-3,6-11,13H,4-5H2,1H3,(H,27,29). The van der Waals surface area contributed by atoms with Gasteiger partial charge in [-0.25, -0.2) is 4.98 Å². The van der Waals surface area contributed by atoms with Crippen LogP contribution in [0.25, 0.3) is 5.69 Å². The van der Waals surface area contributed by atoms with Gasteiger partial charge in [0.1, 0.15) is 0 Å². The highest BCUT2D eigenvalue weighted by Gasteiger charge is 2.32. The Balaban J connectivity index is 1.67. The van der Waals surface area contributed by atoms with Gasteiger partial charge >= 0.3 is 6.18 Å². The van der Waals surface area contributed by atoms with E-state index in [1.165, 1.54) is 12.4 Å². The molecule has 0 atom stereocenters. The van der Waals surface area contributed by atoms with Crippen LogP contribution >= 0.6 is 22.6 Å². The summed E-state index contributed by atoms with van der Waals surface area (Å²) in [5, 5.41) is 2.59. The highest BCUT2D eigenvalue weighted by atomic mass is 127. The quantitative estimate of drug-likeness (QED) is 0.442. The number of benzene rings is 2. The number of amides is 1. The van der Waals surface area contributed by atoms with E-state index in [0.717, 1.165) is 39.8 Å². The summed E-state index contributed by atoms with van der Waals surface area (Å²) in [6, 6.07) is 8.68. The van der Waals surface area contributed by atoms with Crippen LogP contribution in [0.3, 0.4) is 0 Å². The summed E-state index contributed by atoms with van der Waals surface area (Å²) in [5.41, 5.74) is 1.84. The summed E-state index contributed by atoms with van der Waals surface area (Å²) >= 11 is 2.12. The number of anilines is 1. The van der Waals surface area contributed by atoms with Gasteiger partial charge < -0.3 is 9.88 Å². The number of alkyl halides is 3. The molecule has 4 rings (SSSR count). The van der Waals surface area contributed by atoms with Crippen molar-refractivity contribution in [1.82, 2.24) is 9.55 Å². The molecule has 1 aliphatic rings. The molecule has 0 aliphatic heterocycles. The Hall–Kier alpha value is -2.36. The van der Waals surface area contributed by atoms with Crippen LogP contribution in [0, 0.1) is 10.5 Å². The maximum absolute atomic E-state index is 13.4. The predicted molar refractivity (Wildman–Crippen MR) is 112 cm³/mol. The van der Waals surface area contributed by atoms with Crippen LogP contribution < -0.4 is 5.32 Å². The molecule has 29 heavy (non-hydrogen) atoms. The largest absolute Gasteiger partial charge is 0.416 e. The summed E-state index contributed by atoms with van der Waals surface area (Å²) in [7, 11) is 0. The number of rotatable bonds is 4. The van der Waals surface area contributed by atoms with Gasteiger partial charge in [-0.05, 0) is 78.3 Å². The van der Waals surface area contributed by atoms with E-state index in [4.69, 9.17) is 0 Å². The Labute approximate surface area is 179 Å². The number of aromatic nitrogens is 2. The molecule has 0 radical (unpaired) electrons. The molecular weight excluding hydrogens is 494 g/mol. The molecule has 1 heterocycles. The lowest BCUT2D eigenvalue weighted by molar-refractivity contribution is -0.137. The smallest absolute Gasteiger partial charge is 0.322 e. The molecule has 0 unspecified atom stereocenters. The van der Waals surface area contributed by atoms with Gasteiger partial charge in [-0.1, -0.05) is 6.07 Å². The molecule has 1 N–H and O–H groups in total. The van der Waals surface area contributed by atoms with Crippen molar-refractivity contribution in [2.75, 3.05) is 5.32 Å². The fourth-order valence-corrected chi connectivity index (χ4v) is 3.52. The summed E-state index contributed by atoms with van der Waals surface area (Å²) in [4.78, 5) is 16.9. The molecule has 4 nitrogen and oxygen atoms in total. The molecule has 1 amide bonds. The Kier molecular flexibility index (Phi) is 5.14. The van der Waals surface area contributed by atoms with E-state index in [0.29, 0.717) is 17.2 Å². The number of aryl methyl sites for hydroxylation is 1. The zero-order valence-corrected chi connectivity index (χ0v) is 17.6. The number of nitrogens with one attached hydrogen (secondary N) is 1. The third-order valence-corrected chi connectivity index (χ3v) is 6.00.